The second-order valence-corrected chi connectivity index (χ2v) is 10.8. The van der Waals surface area contributed by atoms with Crippen molar-refractivity contribution in [3.8, 4) is 0 Å². The van der Waals surface area contributed by atoms with Crippen LogP contribution in [0.4, 0.5) is 11.5 Å². The van der Waals surface area contributed by atoms with E-state index in [1.54, 1.807) is 11.3 Å². The quantitative estimate of drug-likeness (QED) is 0.436. The molecule has 0 bridgehead atoms. The van der Waals surface area contributed by atoms with E-state index in [4.69, 9.17) is 4.98 Å². The molecule has 1 aliphatic carbocycles. The van der Waals surface area contributed by atoms with Crippen molar-refractivity contribution in [1.29, 1.82) is 0 Å². The Morgan fingerprint density at radius 3 is 2.65 bits per heavy atom. The number of hydrogen-bond acceptors (Lipinski definition) is 8. The number of nitro benzene ring substituents is 1. The van der Waals surface area contributed by atoms with Gasteiger partial charge in [-0.3, -0.25) is 10.1 Å². The molecule has 0 N–H and O–H groups in total. The largest absolute Gasteiger partial charge is 0.353 e. The van der Waals surface area contributed by atoms with Crippen molar-refractivity contribution < 1.29 is 13.3 Å². The van der Waals surface area contributed by atoms with Gasteiger partial charge in [0.25, 0.3) is 5.69 Å². The summed E-state index contributed by atoms with van der Waals surface area (Å²) >= 11 is 1.75. The average molecular weight is 460 g/mol. The number of hydrogen-bond donors (Lipinski definition) is 0. The summed E-state index contributed by atoms with van der Waals surface area (Å²) in [6.07, 6.45) is 3.28. The lowest BCUT2D eigenvalue weighted by Crippen LogP contribution is -2.49. The van der Waals surface area contributed by atoms with E-state index in [9.17, 15) is 18.5 Å². The first-order valence-corrected chi connectivity index (χ1v) is 12.4. The SMILES string of the molecule is Cc1nc(N2CCN(S(=O)(=O)c3cccc([N+](=O)[O-])c3)CC2)c2c3c(sc2n1)CCC3. The van der Waals surface area contributed by atoms with Crippen molar-refractivity contribution in [3.05, 3.63) is 50.6 Å². The molecular formula is C20H21N5O4S2. The summed E-state index contributed by atoms with van der Waals surface area (Å²) in [5.41, 5.74) is 1.12. The Bertz CT molecular complexity index is 1300. The van der Waals surface area contributed by atoms with Crippen molar-refractivity contribution in [2.75, 3.05) is 31.1 Å². The van der Waals surface area contributed by atoms with Gasteiger partial charge in [-0.25, -0.2) is 18.4 Å². The van der Waals surface area contributed by atoms with Crippen LogP contribution in [0.1, 0.15) is 22.7 Å². The van der Waals surface area contributed by atoms with Gasteiger partial charge in [-0.2, -0.15) is 4.31 Å². The maximum absolute atomic E-state index is 13.0. The van der Waals surface area contributed by atoms with Crippen molar-refractivity contribution >= 4 is 43.1 Å². The number of rotatable bonds is 4. The zero-order valence-electron chi connectivity index (χ0n) is 16.9. The first kappa shape index (κ1) is 20.3. The number of aromatic nitrogens is 2. The zero-order chi connectivity index (χ0) is 21.8. The van der Waals surface area contributed by atoms with Crippen LogP contribution in [0.15, 0.2) is 29.2 Å². The Labute approximate surface area is 183 Å². The summed E-state index contributed by atoms with van der Waals surface area (Å²) in [4.78, 5) is 24.3. The van der Waals surface area contributed by atoms with Gasteiger partial charge in [-0.1, -0.05) is 6.07 Å². The van der Waals surface area contributed by atoms with E-state index in [0.717, 1.165) is 41.4 Å². The lowest BCUT2D eigenvalue weighted by atomic mass is 10.1. The molecule has 162 valence electrons. The van der Waals surface area contributed by atoms with Crippen LogP contribution >= 0.6 is 11.3 Å². The van der Waals surface area contributed by atoms with E-state index in [0.29, 0.717) is 32.0 Å². The fraction of sp³-hybridized carbons (Fsp3) is 0.400. The normalized spacial score (nSPS) is 17.3. The molecule has 0 unspecified atom stereocenters. The molecule has 9 nitrogen and oxygen atoms in total. The van der Waals surface area contributed by atoms with E-state index in [1.165, 1.54) is 32.9 Å². The molecule has 0 amide bonds. The summed E-state index contributed by atoms with van der Waals surface area (Å²) in [6, 6.07) is 5.21. The van der Waals surface area contributed by atoms with Crippen LogP contribution in [0.3, 0.4) is 0 Å². The van der Waals surface area contributed by atoms with E-state index in [1.807, 2.05) is 6.92 Å². The maximum Gasteiger partial charge on any atom is 0.270 e. The zero-order valence-corrected chi connectivity index (χ0v) is 18.6. The molecule has 1 aromatic carbocycles. The van der Waals surface area contributed by atoms with Crippen LogP contribution in [0.25, 0.3) is 10.2 Å². The van der Waals surface area contributed by atoms with Crippen LogP contribution in [-0.2, 0) is 22.9 Å². The van der Waals surface area contributed by atoms with E-state index >= 15 is 0 Å². The molecule has 31 heavy (non-hydrogen) atoms. The molecule has 0 saturated carbocycles. The Morgan fingerprint density at radius 1 is 1.13 bits per heavy atom. The minimum absolute atomic E-state index is 0.0499. The summed E-state index contributed by atoms with van der Waals surface area (Å²) in [7, 11) is -3.80. The lowest BCUT2D eigenvalue weighted by molar-refractivity contribution is -0.385. The number of sulfonamides is 1. The smallest absolute Gasteiger partial charge is 0.270 e. The van der Waals surface area contributed by atoms with Gasteiger partial charge in [0.15, 0.2) is 0 Å². The molecule has 1 aliphatic heterocycles. The number of nitrogens with zero attached hydrogens (tertiary/aromatic N) is 5. The Hall–Kier alpha value is -2.63. The van der Waals surface area contributed by atoms with E-state index in [2.05, 4.69) is 9.88 Å². The number of aryl methyl sites for hydroxylation is 3. The summed E-state index contributed by atoms with van der Waals surface area (Å²) in [5, 5.41) is 12.2. The van der Waals surface area contributed by atoms with Crippen molar-refractivity contribution in [2.45, 2.75) is 31.1 Å². The summed E-state index contributed by atoms with van der Waals surface area (Å²) in [5.74, 6) is 1.61. The maximum atomic E-state index is 13.0. The second kappa shape index (κ2) is 7.50. The van der Waals surface area contributed by atoms with Gasteiger partial charge < -0.3 is 4.90 Å². The average Bonchev–Trinajstić information content (AvgIpc) is 3.34. The molecule has 3 aromatic rings. The van der Waals surface area contributed by atoms with Gasteiger partial charge in [0.05, 0.1) is 15.2 Å². The van der Waals surface area contributed by atoms with Gasteiger partial charge in [-0.05, 0) is 37.8 Å². The predicted octanol–water partition coefficient (Wildman–Crippen LogP) is 2.91. The third kappa shape index (κ3) is 3.46. The molecule has 3 heterocycles. The van der Waals surface area contributed by atoms with Crippen LogP contribution in [0.2, 0.25) is 0 Å². The number of piperazine rings is 1. The van der Waals surface area contributed by atoms with Gasteiger partial charge in [0.2, 0.25) is 10.0 Å². The fourth-order valence-corrected chi connectivity index (χ4v) is 7.12. The fourth-order valence-electron chi connectivity index (χ4n) is 4.36. The number of fused-ring (bicyclic) bond motifs is 3. The van der Waals surface area contributed by atoms with Crippen LogP contribution in [0.5, 0.6) is 0 Å². The minimum atomic E-state index is -3.80. The monoisotopic (exact) mass is 459 g/mol. The highest BCUT2D eigenvalue weighted by molar-refractivity contribution is 7.89. The highest BCUT2D eigenvalue weighted by atomic mass is 32.2. The molecule has 1 fully saturated rings. The van der Waals surface area contributed by atoms with Crippen molar-refractivity contribution in [2.24, 2.45) is 0 Å². The van der Waals surface area contributed by atoms with Crippen molar-refractivity contribution in [3.63, 3.8) is 0 Å². The highest BCUT2D eigenvalue weighted by Crippen LogP contribution is 2.40. The Balaban J connectivity index is 1.41. The molecule has 0 atom stereocenters. The van der Waals surface area contributed by atoms with Gasteiger partial charge in [0, 0.05) is 43.2 Å². The topological polar surface area (TPSA) is 110 Å². The Morgan fingerprint density at radius 2 is 1.90 bits per heavy atom. The number of thiophene rings is 1. The molecule has 0 radical (unpaired) electrons. The van der Waals surface area contributed by atoms with E-state index < -0.39 is 14.9 Å². The standard InChI is InChI=1S/C20H21N5O4S2/c1-13-21-19(18-16-6-3-7-17(16)30-20(18)22-13)23-8-10-24(11-9-23)31(28,29)15-5-2-4-14(12-15)25(26)27/h2,4-5,12H,3,6-11H2,1H3. The third-order valence-corrected chi connectivity index (χ3v) is 8.94. The van der Waals surface area contributed by atoms with Gasteiger partial charge in [0.1, 0.15) is 16.5 Å². The number of non-ortho nitro benzene ring substituents is 1. The molecule has 2 aliphatic rings. The van der Waals surface area contributed by atoms with Crippen LogP contribution in [-0.4, -0.2) is 53.8 Å². The molecule has 0 spiro atoms. The van der Waals surface area contributed by atoms with Gasteiger partial charge in [-0.15, -0.1) is 11.3 Å². The lowest BCUT2D eigenvalue weighted by Gasteiger charge is -2.35. The number of nitro groups is 1. The summed E-state index contributed by atoms with van der Waals surface area (Å²) in [6.45, 7) is 3.48. The Kier molecular flexibility index (Phi) is 4.91. The van der Waals surface area contributed by atoms with E-state index in [-0.39, 0.29) is 10.6 Å². The second-order valence-electron chi connectivity index (χ2n) is 7.78. The molecule has 5 rings (SSSR count). The highest BCUT2D eigenvalue weighted by Gasteiger charge is 2.32. The molecular weight excluding hydrogens is 438 g/mol. The first-order chi connectivity index (χ1) is 14.8. The van der Waals surface area contributed by atoms with Gasteiger partial charge >= 0.3 is 0 Å². The number of anilines is 1. The molecule has 11 heteroatoms. The first-order valence-electron chi connectivity index (χ1n) is 10.1. The summed E-state index contributed by atoms with van der Waals surface area (Å²) < 4.78 is 27.5. The molecule has 2 aromatic heterocycles. The predicted molar refractivity (Wildman–Crippen MR) is 118 cm³/mol. The van der Waals surface area contributed by atoms with Crippen LogP contribution < -0.4 is 4.90 Å². The third-order valence-electron chi connectivity index (χ3n) is 5.86. The van der Waals surface area contributed by atoms with Crippen molar-refractivity contribution in [1.82, 2.24) is 14.3 Å². The van der Waals surface area contributed by atoms with Crippen LogP contribution in [0, 0.1) is 17.0 Å². The number of benzene rings is 1. The molecule has 1 saturated heterocycles. The minimum Gasteiger partial charge on any atom is -0.353 e.